The molecule has 0 nitrogen and oxygen atoms in total. The molecule has 2 aromatic rings. The summed E-state index contributed by atoms with van der Waals surface area (Å²) in [5, 5.41) is 0. The topological polar surface area (TPSA) is 0 Å². The monoisotopic (exact) mass is 342 g/mol. The lowest BCUT2D eigenvalue weighted by atomic mass is 9.77. The summed E-state index contributed by atoms with van der Waals surface area (Å²) in [5.41, 5.74) is 4.96. The van der Waals surface area contributed by atoms with E-state index in [9.17, 15) is 0 Å². The van der Waals surface area contributed by atoms with E-state index in [-0.39, 0.29) is 0 Å². The third-order valence-corrected chi connectivity index (χ3v) is 5.61. The third kappa shape index (κ3) is 5.37. The SMILES string of the molecule is C/C=C/CCC1CCC(c2ccc(C#Cc3ccc(C)cc3)cc2)CC1. The fourth-order valence-electron chi connectivity index (χ4n) is 3.90. The average molecular weight is 343 g/mol. The van der Waals surface area contributed by atoms with E-state index < -0.39 is 0 Å². The average Bonchev–Trinajstić information content (AvgIpc) is 2.69. The largest absolute Gasteiger partial charge is 0.0917 e. The summed E-state index contributed by atoms with van der Waals surface area (Å²) in [5.74, 6) is 8.23. The van der Waals surface area contributed by atoms with Crippen LogP contribution >= 0.6 is 0 Å². The molecule has 0 saturated heterocycles. The zero-order valence-corrected chi connectivity index (χ0v) is 16.2. The number of hydrogen-bond donors (Lipinski definition) is 0. The van der Waals surface area contributed by atoms with Gasteiger partial charge in [-0.05, 0) is 94.0 Å². The van der Waals surface area contributed by atoms with Gasteiger partial charge >= 0.3 is 0 Å². The molecule has 134 valence electrons. The molecule has 0 radical (unpaired) electrons. The van der Waals surface area contributed by atoms with Crippen molar-refractivity contribution in [3.05, 3.63) is 82.9 Å². The summed E-state index contributed by atoms with van der Waals surface area (Å²) in [4.78, 5) is 0. The van der Waals surface area contributed by atoms with Crippen molar-refractivity contribution in [2.75, 3.05) is 0 Å². The van der Waals surface area contributed by atoms with Crippen molar-refractivity contribution in [3.8, 4) is 11.8 Å². The van der Waals surface area contributed by atoms with Crippen LogP contribution in [0.1, 0.15) is 73.6 Å². The van der Waals surface area contributed by atoms with Gasteiger partial charge in [-0.25, -0.2) is 0 Å². The van der Waals surface area contributed by atoms with Crippen LogP contribution < -0.4 is 0 Å². The lowest BCUT2D eigenvalue weighted by Gasteiger charge is -2.28. The molecule has 0 spiro atoms. The third-order valence-electron chi connectivity index (χ3n) is 5.61. The first-order valence-electron chi connectivity index (χ1n) is 10.0. The highest BCUT2D eigenvalue weighted by molar-refractivity contribution is 5.44. The van der Waals surface area contributed by atoms with Crippen molar-refractivity contribution in [3.63, 3.8) is 0 Å². The molecule has 3 rings (SSSR count). The number of allylic oxidation sites excluding steroid dienone is 2. The predicted octanol–water partition coefficient (Wildman–Crippen LogP) is 7.02. The Kier molecular flexibility index (Phi) is 6.73. The molecule has 1 saturated carbocycles. The van der Waals surface area contributed by atoms with Crippen molar-refractivity contribution in [1.82, 2.24) is 0 Å². The van der Waals surface area contributed by atoms with Gasteiger partial charge in [-0.2, -0.15) is 0 Å². The first-order valence-corrected chi connectivity index (χ1v) is 10.0. The minimum absolute atomic E-state index is 0.743. The number of aryl methyl sites for hydroxylation is 1. The minimum Gasteiger partial charge on any atom is -0.0917 e. The maximum Gasteiger partial charge on any atom is 0.0249 e. The van der Waals surface area contributed by atoms with E-state index in [1.165, 1.54) is 49.7 Å². The van der Waals surface area contributed by atoms with E-state index in [1.807, 2.05) is 0 Å². The fourth-order valence-corrected chi connectivity index (χ4v) is 3.90. The summed E-state index contributed by atoms with van der Waals surface area (Å²) >= 11 is 0. The molecule has 26 heavy (non-hydrogen) atoms. The zero-order chi connectivity index (χ0) is 18.2. The Hall–Kier alpha value is -2.26. The number of rotatable bonds is 4. The van der Waals surface area contributed by atoms with Gasteiger partial charge in [-0.3, -0.25) is 0 Å². The number of hydrogen-bond acceptors (Lipinski definition) is 0. The molecule has 2 aromatic carbocycles. The van der Waals surface area contributed by atoms with E-state index >= 15 is 0 Å². The van der Waals surface area contributed by atoms with Gasteiger partial charge in [0.2, 0.25) is 0 Å². The molecular formula is C26H30. The minimum atomic E-state index is 0.743. The molecule has 0 bridgehead atoms. The van der Waals surface area contributed by atoms with Crippen LogP contribution in [0.5, 0.6) is 0 Å². The van der Waals surface area contributed by atoms with E-state index in [2.05, 4.69) is 86.4 Å². The maximum absolute atomic E-state index is 3.29. The van der Waals surface area contributed by atoms with Gasteiger partial charge in [0.15, 0.2) is 0 Å². The first-order chi connectivity index (χ1) is 12.7. The Balaban J connectivity index is 1.54. The Morgan fingerprint density at radius 2 is 1.42 bits per heavy atom. The summed E-state index contributed by atoms with van der Waals surface area (Å²) in [6, 6.07) is 17.4. The van der Waals surface area contributed by atoms with Crippen molar-refractivity contribution >= 4 is 0 Å². The Bertz CT molecular complexity index is 758. The molecule has 0 unspecified atom stereocenters. The zero-order valence-electron chi connectivity index (χ0n) is 16.2. The van der Waals surface area contributed by atoms with Gasteiger partial charge in [0, 0.05) is 11.1 Å². The molecule has 0 aromatic heterocycles. The van der Waals surface area contributed by atoms with E-state index in [0.717, 1.165) is 23.0 Å². The molecule has 1 aliphatic carbocycles. The van der Waals surface area contributed by atoms with E-state index in [4.69, 9.17) is 0 Å². The highest BCUT2D eigenvalue weighted by Crippen LogP contribution is 2.37. The predicted molar refractivity (Wildman–Crippen MR) is 112 cm³/mol. The van der Waals surface area contributed by atoms with Crippen molar-refractivity contribution in [2.24, 2.45) is 5.92 Å². The van der Waals surface area contributed by atoms with Crippen LogP contribution in [0.4, 0.5) is 0 Å². The quantitative estimate of drug-likeness (QED) is 0.413. The normalized spacial score (nSPS) is 19.9. The van der Waals surface area contributed by atoms with Gasteiger partial charge in [-0.15, -0.1) is 0 Å². The van der Waals surface area contributed by atoms with Gasteiger partial charge < -0.3 is 0 Å². The van der Waals surface area contributed by atoms with Gasteiger partial charge in [0.1, 0.15) is 0 Å². The second-order valence-corrected chi connectivity index (χ2v) is 7.60. The first kappa shape index (κ1) is 18.5. The highest BCUT2D eigenvalue weighted by atomic mass is 14.3. The molecule has 1 aliphatic rings. The summed E-state index contributed by atoms with van der Waals surface area (Å²) < 4.78 is 0. The molecule has 0 N–H and O–H groups in total. The summed E-state index contributed by atoms with van der Waals surface area (Å²) in [7, 11) is 0. The van der Waals surface area contributed by atoms with Crippen molar-refractivity contribution < 1.29 is 0 Å². The van der Waals surface area contributed by atoms with Crippen LogP contribution in [0.25, 0.3) is 0 Å². The fraction of sp³-hybridized carbons (Fsp3) is 0.385. The molecule has 0 heterocycles. The second-order valence-electron chi connectivity index (χ2n) is 7.60. The van der Waals surface area contributed by atoms with Crippen LogP contribution in [0, 0.1) is 24.7 Å². The Morgan fingerprint density at radius 1 is 0.846 bits per heavy atom. The lowest BCUT2D eigenvalue weighted by Crippen LogP contribution is -2.13. The lowest BCUT2D eigenvalue weighted by molar-refractivity contribution is 0.312. The van der Waals surface area contributed by atoms with Crippen LogP contribution in [0.2, 0.25) is 0 Å². The summed E-state index contributed by atoms with van der Waals surface area (Å²) in [6.07, 6.45) is 12.6. The smallest absolute Gasteiger partial charge is 0.0249 e. The second kappa shape index (κ2) is 9.44. The van der Waals surface area contributed by atoms with Crippen molar-refractivity contribution in [1.29, 1.82) is 0 Å². The standard InChI is InChI=1S/C26H30/c1-3-4-5-6-22-13-17-25(18-14-22)26-19-15-24(16-20-26)12-11-23-9-7-21(2)8-10-23/h3-4,7-10,15-16,19-20,22,25H,5-6,13-14,17-18H2,1-2H3/b4-3+. The van der Waals surface area contributed by atoms with Crippen LogP contribution in [0.15, 0.2) is 60.7 Å². The molecule has 0 aliphatic heterocycles. The maximum atomic E-state index is 3.29. The van der Waals surface area contributed by atoms with Crippen LogP contribution in [-0.2, 0) is 0 Å². The Labute approximate surface area is 159 Å². The number of benzene rings is 2. The van der Waals surface area contributed by atoms with Crippen LogP contribution in [0.3, 0.4) is 0 Å². The molecule has 0 heteroatoms. The molecular weight excluding hydrogens is 312 g/mol. The van der Waals surface area contributed by atoms with Crippen molar-refractivity contribution in [2.45, 2.75) is 58.3 Å². The summed E-state index contributed by atoms with van der Waals surface area (Å²) in [6.45, 7) is 4.22. The molecule has 0 atom stereocenters. The van der Waals surface area contributed by atoms with Gasteiger partial charge in [0.25, 0.3) is 0 Å². The molecule has 0 amide bonds. The van der Waals surface area contributed by atoms with E-state index in [0.29, 0.717) is 0 Å². The van der Waals surface area contributed by atoms with E-state index in [1.54, 1.807) is 0 Å². The van der Waals surface area contributed by atoms with Crippen LogP contribution in [-0.4, -0.2) is 0 Å². The van der Waals surface area contributed by atoms with Gasteiger partial charge in [-0.1, -0.05) is 53.8 Å². The van der Waals surface area contributed by atoms with Gasteiger partial charge in [0.05, 0.1) is 0 Å². The Morgan fingerprint density at radius 3 is 2.00 bits per heavy atom. The highest BCUT2D eigenvalue weighted by Gasteiger charge is 2.21. The molecule has 1 fully saturated rings.